The summed E-state index contributed by atoms with van der Waals surface area (Å²) >= 11 is 0. The predicted molar refractivity (Wildman–Crippen MR) is 84.6 cm³/mol. The minimum atomic E-state index is -0.601. The number of carbonyl (C=O) groups excluding carboxylic acids is 2. The molecule has 0 bridgehead atoms. The highest BCUT2D eigenvalue weighted by atomic mass is 19.1. The number of hydrogen-bond donors (Lipinski definition) is 2. The van der Waals surface area contributed by atoms with Gasteiger partial charge in [0.05, 0.1) is 12.2 Å². The van der Waals surface area contributed by atoms with Crippen molar-refractivity contribution in [3.63, 3.8) is 0 Å². The summed E-state index contributed by atoms with van der Waals surface area (Å²) in [7, 11) is 0. The van der Waals surface area contributed by atoms with Crippen LogP contribution < -0.4 is 10.6 Å². The van der Waals surface area contributed by atoms with E-state index in [0.717, 1.165) is 18.2 Å². The molecule has 0 aromatic heterocycles. The molecule has 0 radical (unpaired) electrons. The van der Waals surface area contributed by atoms with Crippen LogP contribution in [0.25, 0.3) is 0 Å². The number of nitrogens with one attached hydrogen (secondary N) is 2. The van der Waals surface area contributed by atoms with Crippen molar-refractivity contribution in [3.8, 4) is 0 Å². The summed E-state index contributed by atoms with van der Waals surface area (Å²) in [6.45, 7) is 1.83. The Morgan fingerprint density at radius 1 is 1.08 bits per heavy atom. The summed E-state index contributed by atoms with van der Waals surface area (Å²) in [5.74, 6) is -1.63. The highest BCUT2D eigenvalue weighted by molar-refractivity contribution is 5.92. The lowest BCUT2D eigenvalue weighted by Gasteiger charge is -2.09. The van der Waals surface area contributed by atoms with Crippen molar-refractivity contribution in [1.82, 2.24) is 5.32 Å². The van der Waals surface area contributed by atoms with E-state index in [-0.39, 0.29) is 18.7 Å². The minimum Gasteiger partial charge on any atom is -0.462 e. The van der Waals surface area contributed by atoms with E-state index in [9.17, 15) is 18.4 Å². The van der Waals surface area contributed by atoms with Crippen LogP contribution in [0.3, 0.4) is 0 Å². The third-order valence-electron chi connectivity index (χ3n) is 3.10. The second kappa shape index (κ2) is 8.05. The van der Waals surface area contributed by atoms with E-state index in [4.69, 9.17) is 4.74 Å². The highest BCUT2D eigenvalue weighted by Gasteiger charge is 2.08. The predicted octanol–water partition coefficient (Wildman–Crippen LogP) is 3.46. The van der Waals surface area contributed by atoms with E-state index >= 15 is 0 Å². The van der Waals surface area contributed by atoms with E-state index in [1.54, 1.807) is 6.92 Å². The van der Waals surface area contributed by atoms with Crippen LogP contribution in [-0.4, -0.2) is 18.6 Å². The third kappa shape index (κ3) is 4.77. The first-order valence-electron chi connectivity index (χ1n) is 7.25. The molecule has 0 unspecified atom stereocenters. The second-order valence-corrected chi connectivity index (χ2v) is 4.84. The number of amides is 2. The highest BCUT2D eigenvalue weighted by Crippen LogP contribution is 2.12. The van der Waals surface area contributed by atoms with Crippen LogP contribution in [0, 0.1) is 11.6 Å². The summed E-state index contributed by atoms with van der Waals surface area (Å²) < 4.78 is 31.3. The minimum absolute atomic E-state index is 0.0443. The lowest BCUT2D eigenvalue weighted by atomic mass is 10.2. The fraction of sp³-hybridized carbons (Fsp3) is 0.176. The molecule has 0 fully saturated rings. The van der Waals surface area contributed by atoms with Crippen LogP contribution in [0.2, 0.25) is 0 Å². The van der Waals surface area contributed by atoms with E-state index < -0.39 is 23.6 Å². The zero-order valence-electron chi connectivity index (χ0n) is 12.9. The Bertz CT molecular complexity index is 733. The Labute approximate surface area is 137 Å². The van der Waals surface area contributed by atoms with E-state index in [1.807, 2.05) is 0 Å². The molecule has 7 heteroatoms. The molecule has 0 aliphatic heterocycles. The fourth-order valence-corrected chi connectivity index (χ4v) is 1.93. The molecule has 2 aromatic rings. The molecule has 0 spiro atoms. The number of urea groups is 1. The van der Waals surface area contributed by atoms with Gasteiger partial charge in [0.15, 0.2) is 0 Å². The number of esters is 1. The summed E-state index contributed by atoms with van der Waals surface area (Å²) in [6.07, 6.45) is 0. The van der Waals surface area contributed by atoms with Gasteiger partial charge in [-0.15, -0.1) is 0 Å². The average molecular weight is 334 g/mol. The Morgan fingerprint density at radius 3 is 2.46 bits per heavy atom. The first-order valence-corrected chi connectivity index (χ1v) is 7.25. The molecule has 2 N–H and O–H groups in total. The van der Waals surface area contributed by atoms with Gasteiger partial charge in [-0.25, -0.2) is 18.4 Å². The van der Waals surface area contributed by atoms with E-state index in [1.165, 1.54) is 24.3 Å². The standard InChI is InChI=1S/C17H16F2N2O3/c1-2-24-16(22)11-3-6-14(7-4-11)21-17(23)20-10-12-9-13(18)5-8-15(12)19/h3-9H,2,10H2,1H3,(H2,20,21,23). The van der Waals surface area contributed by atoms with Gasteiger partial charge in [0.1, 0.15) is 11.6 Å². The molecule has 2 aromatic carbocycles. The number of anilines is 1. The summed E-state index contributed by atoms with van der Waals surface area (Å²) in [5.41, 5.74) is 0.854. The normalized spacial score (nSPS) is 10.1. The van der Waals surface area contributed by atoms with Gasteiger partial charge in [-0.2, -0.15) is 0 Å². The van der Waals surface area contributed by atoms with E-state index in [2.05, 4.69) is 10.6 Å². The zero-order valence-corrected chi connectivity index (χ0v) is 12.9. The SMILES string of the molecule is CCOC(=O)c1ccc(NC(=O)NCc2cc(F)ccc2F)cc1. The molecule has 0 atom stereocenters. The van der Waals surface area contributed by atoms with E-state index in [0.29, 0.717) is 11.3 Å². The van der Waals surface area contributed by atoms with Crippen LogP contribution in [0.5, 0.6) is 0 Å². The first-order chi connectivity index (χ1) is 11.5. The zero-order chi connectivity index (χ0) is 17.5. The quantitative estimate of drug-likeness (QED) is 0.823. The van der Waals surface area contributed by atoms with Crippen molar-refractivity contribution >= 4 is 17.7 Å². The van der Waals surface area contributed by atoms with Crippen molar-refractivity contribution in [2.45, 2.75) is 13.5 Å². The molecule has 0 aliphatic rings. The molecule has 0 aliphatic carbocycles. The van der Waals surface area contributed by atoms with Crippen molar-refractivity contribution < 1.29 is 23.1 Å². The maximum absolute atomic E-state index is 13.4. The van der Waals surface area contributed by atoms with Gasteiger partial charge < -0.3 is 15.4 Å². The van der Waals surface area contributed by atoms with Crippen molar-refractivity contribution in [3.05, 3.63) is 65.2 Å². The summed E-state index contributed by atoms with van der Waals surface area (Å²) in [6, 6.07) is 8.54. The number of carbonyl (C=O) groups is 2. The average Bonchev–Trinajstić information content (AvgIpc) is 2.56. The number of rotatable bonds is 5. The van der Waals surface area contributed by atoms with Gasteiger partial charge in [0, 0.05) is 17.8 Å². The number of hydrogen-bond acceptors (Lipinski definition) is 3. The van der Waals surface area contributed by atoms with Crippen molar-refractivity contribution in [1.29, 1.82) is 0 Å². The van der Waals surface area contributed by atoms with Crippen LogP contribution in [0.15, 0.2) is 42.5 Å². The Kier molecular flexibility index (Phi) is 5.83. The van der Waals surface area contributed by atoms with Gasteiger partial charge >= 0.3 is 12.0 Å². The van der Waals surface area contributed by atoms with Gasteiger partial charge in [0.2, 0.25) is 0 Å². The van der Waals surface area contributed by atoms with Gasteiger partial charge in [-0.3, -0.25) is 0 Å². The van der Waals surface area contributed by atoms with Crippen LogP contribution in [0.4, 0.5) is 19.3 Å². The molecule has 2 amide bonds. The lowest BCUT2D eigenvalue weighted by molar-refractivity contribution is 0.0526. The fourth-order valence-electron chi connectivity index (χ4n) is 1.93. The molecule has 24 heavy (non-hydrogen) atoms. The molecule has 0 saturated carbocycles. The van der Waals surface area contributed by atoms with Gasteiger partial charge in [-0.1, -0.05) is 0 Å². The molecular weight excluding hydrogens is 318 g/mol. The molecule has 5 nitrogen and oxygen atoms in total. The third-order valence-corrected chi connectivity index (χ3v) is 3.10. The van der Waals surface area contributed by atoms with Crippen LogP contribution in [-0.2, 0) is 11.3 Å². The Hall–Kier alpha value is -2.96. The van der Waals surface area contributed by atoms with Gasteiger partial charge in [0.25, 0.3) is 0 Å². The summed E-state index contributed by atoms with van der Waals surface area (Å²) in [5, 5.41) is 4.95. The largest absolute Gasteiger partial charge is 0.462 e. The number of benzene rings is 2. The van der Waals surface area contributed by atoms with Crippen LogP contribution in [0.1, 0.15) is 22.8 Å². The van der Waals surface area contributed by atoms with Crippen LogP contribution >= 0.6 is 0 Å². The Balaban J connectivity index is 1.90. The molecule has 0 saturated heterocycles. The topological polar surface area (TPSA) is 67.4 Å². The monoisotopic (exact) mass is 334 g/mol. The number of ether oxygens (including phenoxy) is 1. The Morgan fingerprint density at radius 2 is 1.79 bits per heavy atom. The lowest BCUT2D eigenvalue weighted by Crippen LogP contribution is -2.28. The molecule has 2 rings (SSSR count). The molecule has 0 heterocycles. The number of halogens is 2. The summed E-state index contributed by atoms with van der Waals surface area (Å²) in [4.78, 5) is 23.3. The van der Waals surface area contributed by atoms with Gasteiger partial charge in [-0.05, 0) is 49.4 Å². The first kappa shape index (κ1) is 17.4. The second-order valence-electron chi connectivity index (χ2n) is 4.84. The maximum atomic E-state index is 13.4. The molecule has 126 valence electrons. The smallest absolute Gasteiger partial charge is 0.338 e. The molecular formula is C17H16F2N2O3. The maximum Gasteiger partial charge on any atom is 0.338 e. The van der Waals surface area contributed by atoms with Crippen molar-refractivity contribution in [2.75, 3.05) is 11.9 Å². The van der Waals surface area contributed by atoms with Crippen molar-refractivity contribution in [2.24, 2.45) is 0 Å².